The number of nitrogens with two attached hydrogens (primary N) is 1. The standard InChI is InChI=1S/C19H15Cl2N3O3/c1-9-2-3-10(4-15(9)24-8-11(18(22)26)5-16(24)25)19-23-14-7-12(20)6-13(21)17(14)27-19/h2-4,6-7,11H,5,8H2,1H3,(H2,22,26)/t11-/m1/s1. The Bertz CT molecular complexity index is 1090. The van der Waals surface area contributed by atoms with Crippen LogP contribution in [-0.2, 0) is 9.59 Å². The normalized spacial score (nSPS) is 17.1. The van der Waals surface area contributed by atoms with E-state index >= 15 is 0 Å². The second-order valence-corrected chi connectivity index (χ2v) is 7.41. The van der Waals surface area contributed by atoms with Crippen molar-refractivity contribution in [2.75, 3.05) is 11.4 Å². The van der Waals surface area contributed by atoms with E-state index in [2.05, 4.69) is 4.98 Å². The molecule has 0 saturated carbocycles. The van der Waals surface area contributed by atoms with E-state index in [4.69, 9.17) is 33.4 Å². The Labute approximate surface area is 164 Å². The Hall–Kier alpha value is -2.57. The molecular formula is C19H15Cl2N3O3. The highest BCUT2D eigenvalue weighted by molar-refractivity contribution is 6.38. The first-order chi connectivity index (χ1) is 12.8. The third-order valence-electron chi connectivity index (χ3n) is 4.68. The molecule has 1 atom stereocenters. The number of anilines is 1. The molecule has 0 aliphatic carbocycles. The first kappa shape index (κ1) is 17.8. The smallest absolute Gasteiger partial charge is 0.227 e. The van der Waals surface area contributed by atoms with Gasteiger partial charge in [-0.15, -0.1) is 0 Å². The molecule has 138 valence electrons. The summed E-state index contributed by atoms with van der Waals surface area (Å²) in [5, 5.41) is 0.847. The average Bonchev–Trinajstić information content (AvgIpc) is 3.19. The zero-order chi connectivity index (χ0) is 19.3. The minimum Gasteiger partial charge on any atom is -0.435 e. The monoisotopic (exact) mass is 403 g/mol. The number of hydrogen-bond acceptors (Lipinski definition) is 4. The van der Waals surface area contributed by atoms with Crippen LogP contribution in [0.5, 0.6) is 0 Å². The fourth-order valence-corrected chi connectivity index (χ4v) is 3.77. The third-order valence-corrected chi connectivity index (χ3v) is 5.18. The SMILES string of the molecule is Cc1ccc(-c2nc3cc(Cl)cc(Cl)c3o2)cc1N1C[C@H](C(N)=O)CC1=O. The highest BCUT2D eigenvalue weighted by atomic mass is 35.5. The summed E-state index contributed by atoms with van der Waals surface area (Å²) in [6.45, 7) is 2.17. The van der Waals surface area contributed by atoms with Crippen LogP contribution in [0.4, 0.5) is 5.69 Å². The third kappa shape index (κ3) is 3.15. The lowest BCUT2D eigenvalue weighted by atomic mass is 10.1. The Morgan fingerprint density at radius 3 is 2.78 bits per heavy atom. The van der Waals surface area contributed by atoms with Crippen molar-refractivity contribution in [2.24, 2.45) is 11.7 Å². The Balaban J connectivity index is 1.76. The summed E-state index contributed by atoms with van der Waals surface area (Å²) >= 11 is 12.2. The van der Waals surface area contributed by atoms with Crippen molar-refractivity contribution >= 4 is 51.8 Å². The molecule has 0 bridgehead atoms. The first-order valence-corrected chi connectivity index (χ1v) is 9.05. The fraction of sp³-hybridized carbons (Fsp3) is 0.211. The molecule has 1 aromatic heterocycles. The number of benzene rings is 2. The first-order valence-electron chi connectivity index (χ1n) is 8.30. The van der Waals surface area contributed by atoms with Crippen molar-refractivity contribution < 1.29 is 14.0 Å². The number of aryl methyl sites for hydroxylation is 1. The minimum absolute atomic E-state index is 0.121. The van der Waals surface area contributed by atoms with E-state index in [1.165, 1.54) is 0 Å². The maximum Gasteiger partial charge on any atom is 0.227 e. The van der Waals surface area contributed by atoms with Gasteiger partial charge in [0.1, 0.15) is 5.52 Å². The van der Waals surface area contributed by atoms with Gasteiger partial charge in [-0.1, -0.05) is 29.3 Å². The lowest BCUT2D eigenvalue weighted by Crippen LogP contribution is -2.28. The molecule has 8 heteroatoms. The summed E-state index contributed by atoms with van der Waals surface area (Å²) in [5.41, 5.74) is 8.65. The van der Waals surface area contributed by atoms with Gasteiger partial charge in [0.15, 0.2) is 5.58 Å². The van der Waals surface area contributed by atoms with Gasteiger partial charge in [-0.2, -0.15) is 0 Å². The Morgan fingerprint density at radius 1 is 1.30 bits per heavy atom. The Kier molecular flexibility index (Phi) is 4.32. The number of nitrogens with zero attached hydrogens (tertiary/aromatic N) is 2. The van der Waals surface area contributed by atoms with E-state index in [-0.39, 0.29) is 18.9 Å². The van der Waals surface area contributed by atoms with Gasteiger partial charge >= 0.3 is 0 Å². The number of amides is 2. The molecule has 1 fully saturated rings. The van der Waals surface area contributed by atoms with Crippen LogP contribution in [0.1, 0.15) is 12.0 Å². The summed E-state index contributed by atoms with van der Waals surface area (Å²) in [5.74, 6) is -0.712. The van der Waals surface area contributed by atoms with Gasteiger partial charge in [-0.25, -0.2) is 4.98 Å². The number of carbonyl (C=O) groups excluding carboxylic acids is 2. The highest BCUT2D eigenvalue weighted by Gasteiger charge is 2.34. The maximum atomic E-state index is 12.4. The predicted molar refractivity (Wildman–Crippen MR) is 104 cm³/mol. The summed E-state index contributed by atoms with van der Waals surface area (Å²) in [4.78, 5) is 29.8. The largest absolute Gasteiger partial charge is 0.435 e. The van der Waals surface area contributed by atoms with E-state index in [0.717, 1.165) is 5.56 Å². The highest BCUT2D eigenvalue weighted by Crippen LogP contribution is 2.35. The molecule has 1 aliphatic rings. The number of carbonyl (C=O) groups is 2. The van der Waals surface area contributed by atoms with Crippen LogP contribution in [-0.4, -0.2) is 23.3 Å². The van der Waals surface area contributed by atoms with Crippen LogP contribution in [0.15, 0.2) is 34.7 Å². The van der Waals surface area contributed by atoms with Crippen molar-refractivity contribution in [1.82, 2.24) is 4.98 Å². The molecule has 1 saturated heterocycles. The molecule has 27 heavy (non-hydrogen) atoms. The summed E-state index contributed by atoms with van der Waals surface area (Å²) in [7, 11) is 0. The fourth-order valence-electron chi connectivity index (χ4n) is 3.25. The molecule has 4 rings (SSSR count). The number of oxazole rings is 1. The van der Waals surface area contributed by atoms with E-state index in [1.54, 1.807) is 17.0 Å². The summed E-state index contributed by atoms with van der Waals surface area (Å²) in [6, 6.07) is 8.81. The zero-order valence-electron chi connectivity index (χ0n) is 14.3. The number of rotatable bonds is 3. The molecule has 3 aromatic rings. The number of halogens is 2. The maximum absolute atomic E-state index is 12.4. The van der Waals surface area contributed by atoms with E-state index in [9.17, 15) is 9.59 Å². The van der Waals surface area contributed by atoms with Crippen LogP contribution < -0.4 is 10.6 Å². The molecule has 0 unspecified atom stereocenters. The molecule has 2 heterocycles. The minimum atomic E-state index is -0.481. The van der Waals surface area contributed by atoms with Crippen LogP contribution in [0.25, 0.3) is 22.6 Å². The van der Waals surface area contributed by atoms with Gasteiger partial charge in [-0.3, -0.25) is 9.59 Å². The number of hydrogen-bond donors (Lipinski definition) is 1. The van der Waals surface area contributed by atoms with E-state index in [1.807, 2.05) is 25.1 Å². The molecule has 2 amide bonds. The molecule has 0 radical (unpaired) electrons. The summed E-state index contributed by atoms with van der Waals surface area (Å²) < 4.78 is 5.80. The van der Waals surface area contributed by atoms with E-state index < -0.39 is 11.8 Å². The molecule has 2 N–H and O–H groups in total. The van der Waals surface area contributed by atoms with Crippen LogP contribution >= 0.6 is 23.2 Å². The average molecular weight is 404 g/mol. The quantitative estimate of drug-likeness (QED) is 0.716. The summed E-state index contributed by atoms with van der Waals surface area (Å²) in [6.07, 6.45) is 0.121. The lowest BCUT2D eigenvalue weighted by Gasteiger charge is -2.19. The predicted octanol–water partition coefficient (Wildman–Crippen LogP) is 3.95. The molecule has 2 aromatic carbocycles. The molecule has 6 nitrogen and oxygen atoms in total. The van der Waals surface area contributed by atoms with Crippen LogP contribution in [0.3, 0.4) is 0 Å². The van der Waals surface area contributed by atoms with Gasteiger partial charge in [0, 0.05) is 29.2 Å². The van der Waals surface area contributed by atoms with Crippen LogP contribution in [0.2, 0.25) is 10.0 Å². The molecule has 1 aliphatic heterocycles. The Morgan fingerprint density at radius 2 is 2.07 bits per heavy atom. The topological polar surface area (TPSA) is 89.4 Å². The van der Waals surface area contributed by atoms with Gasteiger partial charge < -0.3 is 15.1 Å². The van der Waals surface area contributed by atoms with Crippen LogP contribution in [0, 0.1) is 12.8 Å². The van der Waals surface area contributed by atoms with Gasteiger partial charge in [0.05, 0.1) is 10.9 Å². The van der Waals surface area contributed by atoms with Gasteiger partial charge in [0.25, 0.3) is 0 Å². The number of fused-ring (bicyclic) bond motifs is 1. The van der Waals surface area contributed by atoms with Crippen molar-refractivity contribution in [3.05, 3.63) is 45.9 Å². The van der Waals surface area contributed by atoms with E-state index in [0.29, 0.717) is 38.3 Å². The van der Waals surface area contributed by atoms with Crippen molar-refractivity contribution in [1.29, 1.82) is 0 Å². The molecular weight excluding hydrogens is 389 g/mol. The second-order valence-electron chi connectivity index (χ2n) is 6.56. The number of aromatic nitrogens is 1. The van der Waals surface area contributed by atoms with Crippen molar-refractivity contribution in [2.45, 2.75) is 13.3 Å². The van der Waals surface area contributed by atoms with Crippen molar-refractivity contribution in [3.63, 3.8) is 0 Å². The van der Waals surface area contributed by atoms with Gasteiger partial charge in [0.2, 0.25) is 17.7 Å². The molecule has 0 spiro atoms. The van der Waals surface area contributed by atoms with Crippen molar-refractivity contribution in [3.8, 4) is 11.5 Å². The zero-order valence-corrected chi connectivity index (χ0v) is 15.8. The number of primary amides is 1. The second kappa shape index (κ2) is 6.55. The van der Waals surface area contributed by atoms with Gasteiger partial charge in [-0.05, 0) is 36.8 Å². The lowest BCUT2D eigenvalue weighted by molar-refractivity contribution is -0.123.